The van der Waals surface area contributed by atoms with Gasteiger partial charge in [0.05, 0.1) is 5.52 Å². The van der Waals surface area contributed by atoms with Crippen LogP contribution < -0.4 is 10.9 Å². The van der Waals surface area contributed by atoms with Crippen LogP contribution in [0.4, 0.5) is 5.69 Å². The second-order valence-electron chi connectivity index (χ2n) is 10.8. The number of carbonyl (C=O) groups excluding carboxylic acids is 1. The van der Waals surface area contributed by atoms with Crippen molar-refractivity contribution in [2.75, 3.05) is 18.4 Å². The Labute approximate surface area is 194 Å². The molecule has 0 aliphatic carbocycles. The Balaban J connectivity index is 1.32. The van der Waals surface area contributed by atoms with Gasteiger partial charge in [-0.15, -0.1) is 0 Å². The van der Waals surface area contributed by atoms with E-state index in [0.717, 1.165) is 35.1 Å². The van der Waals surface area contributed by atoms with Gasteiger partial charge in [0, 0.05) is 55.8 Å². The predicted octanol–water partition coefficient (Wildman–Crippen LogP) is 4.39. The number of fused-ring (bicyclic) bond motifs is 5. The van der Waals surface area contributed by atoms with Gasteiger partial charge in [0.15, 0.2) is 0 Å². The van der Waals surface area contributed by atoms with E-state index in [1.54, 1.807) is 0 Å². The summed E-state index contributed by atoms with van der Waals surface area (Å²) in [4.78, 5) is 32.6. The molecule has 1 amide bonds. The minimum Gasteiger partial charge on any atom is -0.376 e. The molecule has 3 aromatic rings. The van der Waals surface area contributed by atoms with Crippen LogP contribution in [0.3, 0.4) is 0 Å². The molecule has 2 bridgehead atoms. The van der Waals surface area contributed by atoms with E-state index in [1.807, 2.05) is 46.0 Å². The Bertz CT molecular complexity index is 1260. The van der Waals surface area contributed by atoms with E-state index >= 15 is 0 Å². The standard InChI is InChI=1S/C27H32N4O2/c1-27(2,3)12-25(32)30-15-19-11-21(17-30)24-9-8-23(26(33)31(24)16-19)29-14-18-10-20-6-4-5-7-22(20)28-13-18/h4-10,13,19,21,29H,11-12,14-17H2,1-3H3/t19-,21-/m1/s1. The van der Waals surface area contributed by atoms with Crippen molar-refractivity contribution in [3.8, 4) is 0 Å². The maximum atomic E-state index is 13.3. The molecule has 1 fully saturated rings. The molecule has 5 rings (SSSR count). The van der Waals surface area contributed by atoms with E-state index in [9.17, 15) is 9.59 Å². The molecule has 0 unspecified atom stereocenters. The number of likely N-dealkylation sites (tertiary alicyclic amines) is 1. The van der Waals surface area contributed by atoms with Crippen LogP contribution in [0.2, 0.25) is 0 Å². The number of pyridine rings is 2. The van der Waals surface area contributed by atoms with Gasteiger partial charge in [-0.2, -0.15) is 0 Å². The summed E-state index contributed by atoms with van der Waals surface area (Å²) in [5.74, 6) is 0.793. The van der Waals surface area contributed by atoms with Gasteiger partial charge < -0.3 is 14.8 Å². The summed E-state index contributed by atoms with van der Waals surface area (Å²) in [6.45, 7) is 9.00. The van der Waals surface area contributed by atoms with Crippen LogP contribution in [0.25, 0.3) is 10.9 Å². The number of nitrogens with one attached hydrogen (secondary N) is 1. The highest BCUT2D eigenvalue weighted by Crippen LogP contribution is 2.36. The van der Waals surface area contributed by atoms with Crippen LogP contribution in [-0.4, -0.2) is 33.4 Å². The lowest BCUT2D eigenvalue weighted by Crippen LogP contribution is -2.49. The second-order valence-corrected chi connectivity index (χ2v) is 10.8. The van der Waals surface area contributed by atoms with Gasteiger partial charge in [0.25, 0.3) is 5.56 Å². The summed E-state index contributed by atoms with van der Waals surface area (Å²) in [5.41, 5.74) is 3.71. The van der Waals surface area contributed by atoms with Gasteiger partial charge in [-0.25, -0.2) is 0 Å². The Hall–Kier alpha value is -3.15. The molecule has 2 aliphatic rings. The molecule has 1 aromatic carbocycles. The lowest BCUT2D eigenvalue weighted by atomic mass is 9.82. The van der Waals surface area contributed by atoms with Gasteiger partial charge in [0.2, 0.25) is 5.91 Å². The van der Waals surface area contributed by atoms with Gasteiger partial charge >= 0.3 is 0 Å². The largest absolute Gasteiger partial charge is 0.376 e. The molecule has 4 heterocycles. The highest BCUT2D eigenvalue weighted by Gasteiger charge is 2.37. The van der Waals surface area contributed by atoms with Crippen LogP contribution >= 0.6 is 0 Å². The number of amides is 1. The molecule has 0 spiro atoms. The Morgan fingerprint density at radius 1 is 1.12 bits per heavy atom. The van der Waals surface area contributed by atoms with E-state index in [-0.39, 0.29) is 22.8 Å². The fourth-order valence-electron chi connectivity index (χ4n) is 5.26. The van der Waals surface area contributed by atoms with Crippen LogP contribution in [0.5, 0.6) is 0 Å². The van der Waals surface area contributed by atoms with Gasteiger partial charge in [0.1, 0.15) is 5.69 Å². The third kappa shape index (κ3) is 4.52. The quantitative estimate of drug-likeness (QED) is 0.648. The number of carbonyl (C=O) groups is 1. The Kier molecular flexibility index (Phi) is 5.47. The molecular formula is C27H32N4O2. The zero-order valence-corrected chi connectivity index (χ0v) is 19.7. The molecule has 1 saturated heterocycles. The van der Waals surface area contributed by atoms with Gasteiger partial charge in [-0.3, -0.25) is 14.6 Å². The summed E-state index contributed by atoms with van der Waals surface area (Å²) >= 11 is 0. The summed E-state index contributed by atoms with van der Waals surface area (Å²) in [6, 6.07) is 14.1. The second kappa shape index (κ2) is 8.32. The van der Waals surface area contributed by atoms with E-state index in [1.165, 1.54) is 0 Å². The SMILES string of the molecule is CC(C)(C)CC(=O)N1C[C@H]2C[C@H](C1)c1ccc(NCc3cnc4ccccc4c3)c(=O)n1C2. The number of para-hydroxylation sites is 1. The third-order valence-corrected chi connectivity index (χ3v) is 6.77. The molecule has 2 aromatic heterocycles. The summed E-state index contributed by atoms with van der Waals surface area (Å²) in [5, 5.41) is 4.42. The summed E-state index contributed by atoms with van der Waals surface area (Å²) in [7, 11) is 0. The number of anilines is 1. The maximum absolute atomic E-state index is 13.3. The number of rotatable bonds is 4. The van der Waals surface area contributed by atoms with Gasteiger partial charge in [-0.1, -0.05) is 39.0 Å². The van der Waals surface area contributed by atoms with Crippen molar-refractivity contribution in [1.29, 1.82) is 0 Å². The number of hydrogen-bond acceptors (Lipinski definition) is 4. The lowest BCUT2D eigenvalue weighted by molar-refractivity contribution is -0.135. The Morgan fingerprint density at radius 3 is 2.76 bits per heavy atom. The monoisotopic (exact) mass is 444 g/mol. The molecule has 33 heavy (non-hydrogen) atoms. The number of nitrogens with zero attached hydrogens (tertiary/aromatic N) is 3. The smallest absolute Gasteiger partial charge is 0.274 e. The van der Waals surface area contributed by atoms with Crippen molar-refractivity contribution >= 4 is 22.5 Å². The molecule has 2 aliphatic heterocycles. The molecule has 1 N–H and O–H groups in total. The molecule has 2 atom stereocenters. The van der Waals surface area contributed by atoms with Crippen molar-refractivity contribution in [3.05, 3.63) is 70.3 Å². The minimum absolute atomic E-state index is 0.0143. The molecule has 6 heteroatoms. The molecule has 0 radical (unpaired) electrons. The fraction of sp³-hybridized carbons (Fsp3) is 0.444. The van der Waals surface area contributed by atoms with Gasteiger partial charge in [-0.05, 0) is 47.6 Å². The Morgan fingerprint density at radius 2 is 1.94 bits per heavy atom. The molecule has 6 nitrogen and oxygen atoms in total. The van der Waals surface area contributed by atoms with E-state index in [0.29, 0.717) is 37.7 Å². The minimum atomic E-state index is -0.0143. The van der Waals surface area contributed by atoms with Crippen LogP contribution in [0, 0.1) is 11.3 Å². The number of hydrogen-bond donors (Lipinski definition) is 1. The highest BCUT2D eigenvalue weighted by atomic mass is 16.2. The van der Waals surface area contributed by atoms with Crippen LogP contribution in [-0.2, 0) is 17.9 Å². The van der Waals surface area contributed by atoms with Crippen molar-refractivity contribution < 1.29 is 4.79 Å². The van der Waals surface area contributed by atoms with Crippen molar-refractivity contribution in [2.45, 2.75) is 52.6 Å². The summed E-state index contributed by atoms with van der Waals surface area (Å²) in [6.07, 6.45) is 3.47. The van der Waals surface area contributed by atoms with E-state index in [2.05, 4.69) is 43.2 Å². The normalized spacial score (nSPS) is 19.9. The average molecular weight is 445 g/mol. The first kappa shape index (κ1) is 21.7. The molecule has 172 valence electrons. The van der Waals surface area contributed by atoms with Crippen molar-refractivity contribution in [1.82, 2.24) is 14.5 Å². The van der Waals surface area contributed by atoms with Crippen LogP contribution in [0.15, 0.2) is 53.5 Å². The van der Waals surface area contributed by atoms with Crippen molar-refractivity contribution in [3.63, 3.8) is 0 Å². The lowest BCUT2D eigenvalue weighted by Gasteiger charge is -2.43. The number of aromatic nitrogens is 2. The molecule has 0 saturated carbocycles. The number of benzene rings is 1. The van der Waals surface area contributed by atoms with Crippen molar-refractivity contribution in [2.24, 2.45) is 11.3 Å². The zero-order chi connectivity index (χ0) is 23.2. The van der Waals surface area contributed by atoms with E-state index < -0.39 is 0 Å². The topological polar surface area (TPSA) is 67.2 Å². The van der Waals surface area contributed by atoms with E-state index in [4.69, 9.17) is 0 Å². The maximum Gasteiger partial charge on any atom is 0.274 e. The predicted molar refractivity (Wildman–Crippen MR) is 131 cm³/mol. The fourth-order valence-corrected chi connectivity index (χ4v) is 5.26. The first-order chi connectivity index (χ1) is 15.8. The first-order valence-electron chi connectivity index (χ1n) is 11.9. The zero-order valence-electron chi connectivity index (χ0n) is 19.7. The number of piperidine rings is 1. The summed E-state index contributed by atoms with van der Waals surface area (Å²) < 4.78 is 1.94. The first-order valence-corrected chi connectivity index (χ1v) is 11.9. The molecular weight excluding hydrogens is 412 g/mol. The third-order valence-electron chi connectivity index (χ3n) is 6.77. The average Bonchev–Trinajstić information content (AvgIpc) is 2.77. The van der Waals surface area contributed by atoms with Crippen LogP contribution in [0.1, 0.15) is 50.8 Å². The highest BCUT2D eigenvalue weighted by molar-refractivity contribution is 5.79.